The number of nitrogens with one attached hydrogen (secondary N) is 1. The summed E-state index contributed by atoms with van der Waals surface area (Å²) in [5, 5.41) is 3.40. The zero-order chi connectivity index (χ0) is 12.0. The average Bonchev–Trinajstić information content (AvgIpc) is 2.62. The molecular weight excluding hydrogens is 200 g/mol. The predicted octanol–water partition coefficient (Wildman–Crippen LogP) is 2.30. The largest absolute Gasteiger partial charge is 0.465 e. The average molecular weight is 224 g/mol. The Labute approximate surface area is 98.4 Å². The molecule has 92 valence electrons. The molecular formula is C13H24N2O. The Bertz CT molecular complexity index is 294. The van der Waals surface area contributed by atoms with Crippen LogP contribution in [0.25, 0.3) is 0 Å². The number of aryl methyl sites for hydroxylation is 1. The van der Waals surface area contributed by atoms with E-state index in [0.29, 0.717) is 11.8 Å². The van der Waals surface area contributed by atoms with E-state index >= 15 is 0 Å². The first-order chi connectivity index (χ1) is 7.61. The highest BCUT2D eigenvalue weighted by Crippen LogP contribution is 2.10. The van der Waals surface area contributed by atoms with Crippen LogP contribution in [0.2, 0.25) is 0 Å². The third kappa shape index (κ3) is 4.81. The van der Waals surface area contributed by atoms with E-state index in [1.807, 2.05) is 19.1 Å². The van der Waals surface area contributed by atoms with Crippen molar-refractivity contribution >= 4 is 0 Å². The molecule has 0 aliphatic rings. The molecule has 3 nitrogen and oxygen atoms in total. The maximum absolute atomic E-state index is 5.74. The smallest absolute Gasteiger partial charge is 0.117 e. The third-order valence-corrected chi connectivity index (χ3v) is 2.67. The molecule has 0 saturated heterocycles. The molecule has 16 heavy (non-hydrogen) atoms. The zero-order valence-corrected chi connectivity index (χ0v) is 10.6. The second kappa shape index (κ2) is 6.71. The van der Waals surface area contributed by atoms with Crippen molar-refractivity contribution in [1.82, 2.24) is 5.32 Å². The van der Waals surface area contributed by atoms with Gasteiger partial charge in [0.25, 0.3) is 0 Å². The van der Waals surface area contributed by atoms with Crippen LogP contribution in [0, 0.1) is 18.8 Å². The quantitative estimate of drug-likeness (QED) is 0.747. The van der Waals surface area contributed by atoms with Crippen molar-refractivity contribution in [3.05, 3.63) is 23.7 Å². The van der Waals surface area contributed by atoms with Gasteiger partial charge in [-0.1, -0.05) is 13.8 Å². The Morgan fingerprint density at radius 3 is 2.62 bits per heavy atom. The molecule has 0 aromatic carbocycles. The molecule has 1 atom stereocenters. The SMILES string of the molecule is Cc1ccc(CNCC(CN)CC(C)C)o1. The van der Waals surface area contributed by atoms with Gasteiger partial charge in [-0.05, 0) is 50.4 Å². The van der Waals surface area contributed by atoms with Crippen molar-refractivity contribution in [2.24, 2.45) is 17.6 Å². The lowest BCUT2D eigenvalue weighted by molar-refractivity contribution is 0.381. The minimum atomic E-state index is 0.566. The van der Waals surface area contributed by atoms with E-state index < -0.39 is 0 Å². The monoisotopic (exact) mass is 224 g/mol. The van der Waals surface area contributed by atoms with Gasteiger partial charge in [0.1, 0.15) is 11.5 Å². The summed E-state index contributed by atoms with van der Waals surface area (Å²) in [6.07, 6.45) is 1.18. The van der Waals surface area contributed by atoms with Crippen LogP contribution in [-0.2, 0) is 6.54 Å². The van der Waals surface area contributed by atoms with E-state index in [2.05, 4.69) is 19.2 Å². The molecule has 0 radical (unpaired) electrons. The first-order valence-electron chi connectivity index (χ1n) is 6.08. The first-order valence-corrected chi connectivity index (χ1v) is 6.08. The molecule has 0 aliphatic carbocycles. The summed E-state index contributed by atoms with van der Waals surface area (Å²) in [5.41, 5.74) is 5.74. The van der Waals surface area contributed by atoms with Crippen molar-refractivity contribution in [2.75, 3.05) is 13.1 Å². The number of hydrogen-bond donors (Lipinski definition) is 2. The fourth-order valence-corrected chi connectivity index (χ4v) is 1.91. The molecule has 0 spiro atoms. The highest BCUT2D eigenvalue weighted by Gasteiger charge is 2.08. The molecule has 0 saturated carbocycles. The second-order valence-corrected chi connectivity index (χ2v) is 4.87. The van der Waals surface area contributed by atoms with Crippen molar-refractivity contribution in [2.45, 2.75) is 33.7 Å². The lowest BCUT2D eigenvalue weighted by atomic mass is 9.97. The summed E-state index contributed by atoms with van der Waals surface area (Å²) in [7, 11) is 0. The lowest BCUT2D eigenvalue weighted by Crippen LogP contribution is -2.28. The van der Waals surface area contributed by atoms with Crippen LogP contribution in [0.4, 0.5) is 0 Å². The summed E-state index contributed by atoms with van der Waals surface area (Å²) in [4.78, 5) is 0. The number of furan rings is 1. The Hall–Kier alpha value is -0.800. The molecule has 0 fully saturated rings. The highest BCUT2D eigenvalue weighted by atomic mass is 16.3. The van der Waals surface area contributed by atoms with Gasteiger partial charge in [-0.3, -0.25) is 0 Å². The Morgan fingerprint density at radius 2 is 2.12 bits per heavy atom. The number of nitrogens with two attached hydrogens (primary N) is 1. The molecule has 1 unspecified atom stereocenters. The van der Waals surface area contributed by atoms with Crippen LogP contribution < -0.4 is 11.1 Å². The Morgan fingerprint density at radius 1 is 1.38 bits per heavy atom. The molecule has 0 amide bonds. The molecule has 0 bridgehead atoms. The van der Waals surface area contributed by atoms with E-state index in [9.17, 15) is 0 Å². The Balaban J connectivity index is 2.23. The predicted molar refractivity (Wildman–Crippen MR) is 67.2 cm³/mol. The maximum atomic E-state index is 5.74. The molecule has 1 heterocycles. The maximum Gasteiger partial charge on any atom is 0.117 e. The molecule has 1 rings (SSSR count). The van der Waals surface area contributed by atoms with Gasteiger partial charge >= 0.3 is 0 Å². The van der Waals surface area contributed by atoms with Gasteiger partial charge in [0.2, 0.25) is 0 Å². The van der Waals surface area contributed by atoms with Crippen LogP contribution in [0.3, 0.4) is 0 Å². The first kappa shape index (κ1) is 13.3. The standard InChI is InChI=1S/C13H24N2O/c1-10(2)6-12(7-14)8-15-9-13-5-4-11(3)16-13/h4-5,10,12,15H,6-9,14H2,1-3H3. The molecule has 3 heteroatoms. The molecule has 1 aromatic heterocycles. The fraction of sp³-hybridized carbons (Fsp3) is 0.692. The number of rotatable bonds is 7. The summed E-state index contributed by atoms with van der Waals surface area (Å²) in [5.74, 6) is 3.24. The minimum Gasteiger partial charge on any atom is -0.465 e. The summed E-state index contributed by atoms with van der Waals surface area (Å²) in [6, 6.07) is 4.01. The van der Waals surface area contributed by atoms with E-state index in [0.717, 1.165) is 31.2 Å². The van der Waals surface area contributed by atoms with E-state index in [4.69, 9.17) is 10.2 Å². The summed E-state index contributed by atoms with van der Waals surface area (Å²) in [6.45, 7) is 8.95. The highest BCUT2D eigenvalue weighted by molar-refractivity contribution is 5.05. The van der Waals surface area contributed by atoms with E-state index in [1.165, 1.54) is 6.42 Å². The Kier molecular flexibility index (Phi) is 5.56. The van der Waals surface area contributed by atoms with Gasteiger partial charge in [0.05, 0.1) is 6.54 Å². The van der Waals surface area contributed by atoms with Crippen LogP contribution in [0.1, 0.15) is 31.8 Å². The van der Waals surface area contributed by atoms with Crippen molar-refractivity contribution in [1.29, 1.82) is 0 Å². The van der Waals surface area contributed by atoms with Crippen molar-refractivity contribution in [3.63, 3.8) is 0 Å². The molecule has 1 aromatic rings. The molecule has 3 N–H and O–H groups in total. The second-order valence-electron chi connectivity index (χ2n) is 4.87. The van der Waals surface area contributed by atoms with Gasteiger partial charge in [0.15, 0.2) is 0 Å². The summed E-state index contributed by atoms with van der Waals surface area (Å²) < 4.78 is 5.49. The van der Waals surface area contributed by atoms with Gasteiger partial charge in [-0.25, -0.2) is 0 Å². The minimum absolute atomic E-state index is 0.566. The van der Waals surface area contributed by atoms with Gasteiger partial charge in [0, 0.05) is 0 Å². The topological polar surface area (TPSA) is 51.2 Å². The summed E-state index contributed by atoms with van der Waals surface area (Å²) >= 11 is 0. The van der Waals surface area contributed by atoms with E-state index in [1.54, 1.807) is 0 Å². The van der Waals surface area contributed by atoms with Crippen molar-refractivity contribution < 1.29 is 4.42 Å². The number of hydrogen-bond acceptors (Lipinski definition) is 3. The third-order valence-electron chi connectivity index (χ3n) is 2.67. The van der Waals surface area contributed by atoms with E-state index in [-0.39, 0.29) is 0 Å². The van der Waals surface area contributed by atoms with Crippen LogP contribution in [-0.4, -0.2) is 13.1 Å². The van der Waals surface area contributed by atoms with Crippen LogP contribution in [0.15, 0.2) is 16.5 Å². The van der Waals surface area contributed by atoms with Crippen molar-refractivity contribution in [3.8, 4) is 0 Å². The van der Waals surface area contributed by atoms with Gasteiger partial charge in [-0.15, -0.1) is 0 Å². The van der Waals surface area contributed by atoms with Crippen LogP contribution >= 0.6 is 0 Å². The van der Waals surface area contributed by atoms with Gasteiger partial charge in [-0.2, -0.15) is 0 Å². The van der Waals surface area contributed by atoms with Crippen LogP contribution in [0.5, 0.6) is 0 Å². The molecule has 0 aliphatic heterocycles. The lowest BCUT2D eigenvalue weighted by Gasteiger charge is -2.17. The normalized spacial score (nSPS) is 13.3. The fourth-order valence-electron chi connectivity index (χ4n) is 1.91. The zero-order valence-electron chi connectivity index (χ0n) is 10.6. The van der Waals surface area contributed by atoms with Gasteiger partial charge < -0.3 is 15.5 Å².